The van der Waals surface area contributed by atoms with Crippen LogP contribution in [0, 0.1) is 0 Å². The summed E-state index contributed by atoms with van der Waals surface area (Å²) in [4.78, 5) is 23.8. The molecule has 2 aromatic carbocycles. The molecule has 0 atom stereocenters. The molecule has 0 aromatic heterocycles. The highest BCUT2D eigenvalue weighted by molar-refractivity contribution is 6.06. The first-order valence-corrected chi connectivity index (χ1v) is 7.53. The Labute approximate surface area is 136 Å². The minimum Gasteiger partial charge on any atom is -0.497 e. The predicted molar refractivity (Wildman–Crippen MR) is 87.8 cm³/mol. The van der Waals surface area contributed by atoms with Crippen LogP contribution < -0.4 is 4.74 Å². The number of rotatable bonds is 7. The fourth-order valence-corrected chi connectivity index (χ4v) is 2.35. The summed E-state index contributed by atoms with van der Waals surface area (Å²) >= 11 is 0. The summed E-state index contributed by atoms with van der Waals surface area (Å²) in [5.74, 6) is 0.0877. The molecule has 0 aliphatic heterocycles. The number of hydrogen-bond donors (Lipinski definition) is 0. The van der Waals surface area contributed by atoms with Crippen molar-refractivity contribution < 1.29 is 19.1 Å². The molecule has 0 amide bonds. The number of ether oxygens (including phenoxy) is 2. The van der Waals surface area contributed by atoms with Crippen molar-refractivity contribution in [2.45, 2.75) is 19.8 Å². The van der Waals surface area contributed by atoms with Gasteiger partial charge in [0.15, 0.2) is 5.78 Å². The first-order valence-electron chi connectivity index (χ1n) is 7.53. The van der Waals surface area contributed by atoms with Crippen LogP contribution >= 0.6 is 0 Å². The van der Waals surface area contributed by atoms with Gasteiger partial charge in [0.25, 0.3) is 0 Å². The third-order valence-corrected chi connectivity index (χ3v) is 3.48. The first-order chi connectivity index (χ1) is 11.1. The lowest BCUT2D eigenvalue weighted by Gasteiger charge is -2.09. The maximum atomic E-state index is 12.3. The number of esters is 1. The largest absolute Gasteiger partial charge is 0.497 e. The van der Waals surface area contributed by atoms with Gasteiger partial charge in [0, 0.05) is 5.56 Å². The van der Waals surface area contributed by atoms with Crippen LogP contribution in [0.4, 0.5) is 0 Å². The summed E-state index contributed by atoms with van der Waals surface area (Å²) in [6, 6.07) is 15.0. The third-order valence-electron chi connectivity index (χ3n) is 3.48. The van der Waals surface area contributed by atoms with Gasteiger partial charge in [0.05, 0.1) is 13.7 Å². The molecule has 0 spiro atoms. The lowest BCUT2D eigenvalue weighted by Crippen LogP contribution is -2.13. The molecule has 0 saturated heterocycles. The molecule has 2 aromatic rings. The number of methoxy groups -OCH3 is 1. The Morgan fingerprint density at radius 3 is 2.35 bits per heavy atom. The van der Waals surface area contributed by atoms with Crippen LogP contribution in [0.2, 0.25) is 0 Å². The van der Waals surface area contributed by atoms with Crippen molar-refractivity contribution in [2.75, 3.05) is 13.7 Å². The second-order valence-electron chi connectivity index (χ2n) is 5.09. The maximum absolute atomic E-state index is 12.3. The SMILES string of the molecule is CCOC(=O)CC(=O)c1ccccc1Cc1ccc(OC)cc1. The molecule has 120 valence electrons. The molecule has 0 bridgehead atoms. The molecular formula is C19H20O4. The highest BCUT2D eigenvalue weighted by atomic mass is 16.5. The topological polar surface area (TPSA) is 52.6 Å². The number of benzene rings is 2. The quantitative estimate of drug-likeness (QED) is 0.446. The van der Waals surface area contributed by atoms with E-state index in [1.165, 1.54) is 0 Å². The minimum absolute atomic E-state index is 0.215. The van der Waals surface area contributed by atoms with E-state index in [2.05, 4.69) is 0 Å². The van der Waals surface area contributed by atoms with Gasteiger partial charge in [0.1, 0.15) is 12.2 Å². The van der Waals surface area contributed by atoms with Crippen LogP contribution in [0.5, 0.6) is 5.75 Å². The smallest absolute Gasteiger partial charge is 0.313 e. The normalized spacial score (nSPS) is 10.2. The maximum Gasteiger partial charge on any atom is 0.313 e. The Balaban J connectivity index is 2.16. The van der Waals surface area contributed by atoms with Crippen LogP contribution in [0.3, 0.4) is 0 Å². The van der Waals surface area contributed by atoms with Gasteiger partial charge in [-0.3, -0.25) is 9.59 Å². The average molecular weight is 312 g/mol. The number of carbonyl (C=O) groups is 2. The third kappa shape index (κ3) is 4.68. The van der Waals surface area contributed by atoms with Gasteiger partial charge in [-0.15, -0.1) is 0 Å². The molecule has 4 heteroatoms. The van der Waals surface area contributed by atoms with Crippen molar-refractivity contribution in [1.29, 1.82) is 0 Å². The van der Waals surface area contributed by atoms with Gasteiger partial charge >= 0.3 is 5.97 Å². The summed E-state index contributed by atoms with van der Waals surface area (Å²) in [6.07, 6.45) is 0.391. The Kier molecular flexibility index (Phi) is 5.92. The van der Waals surface area contributed by atoms with Gasteiger partial charge < -0.3 is 9.47 Å². The van der Waals surface area contributed by atoms with Crippen molar-refractivity contribution in [2.24, 2.45) is 0 Å². The fourth-order valence-electron chi connectivity index (χ4n) is 2.35. The van der Waals surface area contributed by atoms with Gasteiger partial charge in [-0.05, 0) is 36.6 Å². The first kappa shape index (κ1) is 16.7. The predicted octanol–water partition coefficient (Wildman–Crippen LogP) is 3.42. The molecule has 0 heterocycles. The van der Waals surface area contributed by atoms with Crippen molar-refractivity contribution >= 4 is 11.8 Å². The van der Waals surface area contributed by atoms with E-state index in [9.17, 15) is 9.59 Å². The lowest BCUT2D eigenvalue weighted by atomic mass is 9.96. The Morgan fingerprint density at radius 2 is 1.70 bits per heavy atom. The fraction of sp³-hybridized carbons (Fsp3) is 0.263. The second kappa shape index (κ2) is 8.13. The van der Waals surface area contributed by atoms with E-state index in [0.717, 1.165) is 16.9 Å². The number of Topliss-reactive ketones (excluding diaryl/α,β-unsaturated/α-hetero) is 1. The van der Waals surface area contributed by atoms with Crippen molar-refractivity contribution in [1.82, 2.24) is 0 Å². The second-order valence-corrected chi connectivity index (χ2v) is 5.09. The zero-order chi connectivity index (χ0) is 16.7. The summed E-state index contributed by atoms with van der Waals surface area (Å²) in [5, 5.41) is 0. The molecular weight excluding hydrogens is 292 g/mol. The Hall–Kier alpha value is -2.62. The number of carbonyl (C=O) groups excluding carboxylic acids is 2. The molecule has 23 heavy (non-hydrogen) atoms. The molecule has 0 fully saturated rings. The van der Waals surface area contributed by atoms with Gasteiger partial charge in [-0.2, -0.15) is 0 Å². The van der Waals surface area contributed by atoms with E-state index in [1.807, 2.05) is 36.4 Å². The Bertz CT molecular complexity index is 674. The van der Waals surface area contributed by atoms with Crippen molar-refractivity contribution in [3.8, 4) is 5.75 Å². The highest BCUT2D eigenvalue weighted by Crippen LogP contribution is 2.18. The molecule has 0 aliphatic carbocycles. The van der Waals surface area contributed by atoms with Gasteiger partial charge in [-0.25, -0.2) is 0 Å². The van der Waals surface area contributed by atoms with Crippen LogP contribution in [-0.2, 0) is 16.0 Å². The van der Waals surface area contributed by atoms with Gasteiger partial charge in [-0.1, -0.05) is 36.4 Å². The monoisotopic (exact) mass is 312 g/mol. The standard InChI is InChI=1S/C19H20O4/c1-3-23-19(21)13-18(20)17-7-5-4-6-15(17)12-14-8-10-16(22-2)11-9-14/h4-11H,3,12-13H2,1-2H3. The van der Waals surface area contributed by atoms with E-state index >= 15 is 0 Å². The van der Waals surface area contributed by atoms with E-state index in [0.29, 0.717) is 12.0 Å². The van der Waals surface area contributed by atoms with E-state index < -0.39 is 5.97 Å². The minimum atomic E-state index is -0.489. The molecule has 0 aliphatic rings. The number of hydrogen-bond acceptors (Lipinski definition) is 4. The van der Waals surface area contributed by atoms with Crippen LogP contribution in [0.1, 0.15) is 34.8 Å². The average Bonchev–Trinajstić information content (AvgIpc) is 2.56. The van der Waals surface area contributed by atoms with Crippen LogP contribution in [-0.4, -0.2) is 25.5 Å². The summed E-state index contributed by atoms with van der Waals surface area (Å²) < 4.78 is 9.99. The lowest BCUT2D eigenvalue weighted by molar-refractivity contribution is -0.141. The summed E-state index contributed by atoms with van der Waals surface area (Å²) in [7, 11) is 1.62. The molecule has 0 saturated carbocycles. The number of ketones is 1. The van der Waals surface area contributed by atoms with Crippen LogP contribution in [0.25, 0.3) is 0 Å². The van der Waals surface area contributed by atoms with E-state index in [-0.39, 0.29) is 18.8 Å². The molecule has 0 N–H and O–H groups in total. The zero-order valence-corrected chi connectivity index (χ0v) is 13.4. The van der Waals surface area contributed by atoms with Crippen molar-refractivity contribution in [3.63, 3.8) is 0 Å². The van der Waals surface area contributed by atoms with Crippen molar-refractivity contribution in [3.05, 3.63) is 65.2 Å². The molecule has 2 rings (SSSR count). The Morgan fingerprint density at radius 1 is 1.00 bits per heavy atom. The zero-order valence-electron chi connectivity index (χ0n) is 13.4. The molecule has 0 unspecified atom stereocenters. The molecule has 4 nitrogen and oxygen atoms in total. The summed E-state index contributed by atoms with van der Waals surface area (Å²) in [6.45, 7) is 2.00. The van der Waals surface area contributed by atoms with E-state index in [1.54, 1.807) is 26.2 Å². The van der Waals surface area contributed by atoms with Crippen LogP contribution in [0.15, 0.2) is 48.5 Å². The molecule has 0 radical (unpaired) electrons. The van der Waals surface area contributed by atoms with Gasteiger partial charge in [0.2, 0.25) is 0 Å². The summed E-state index contributed by atoms with van der Waals surface area (Å²) in [5.41, 5.74) is 2.53. The van der Waals surface area contributed by atoms with E-state index in [4.69, 9.17) is 9.47 Å². The highest BCUT2D eigenvalue weighted by Gasteiger charge is 2.16.